The number of hydrogen-bond donors (Lipinski definition) is 2. The van der Waals surface area contributed by atoms with Crippen molar-refractivity contribution < 1.29 is 13.2 Å². The summed E-state index contributed by atoms with van der Waals surface area (Å²) in [5.74, 6) is 5.09. The molecule has 0 radical (unpaired) electrons. The molecular weight excluding hydrogens is 328 g/mol. The van der Waals surface area contributed by atoms with Crippen LogP contribution < -0.4 is 11.3 Å². The lowest BCUT2D eigenvalue weighted by atomic mass is 10.3. The largest absolute Gasteiger partial charge is 0.446 e. The highest BCUT2D eigenvalue weighted by Crippen LogP contribution is 2.40. The summed E-state index contributed by atoms with van der Waals surface area (Å²) in [6.45, 7) is 0. The highest BCUT2D eigenvalue weighted by atomic mass is 127. The van der Waals surface area contributed by atoms with Gasteiger partial charge in [0.05, 0.1) is 5.69 Å². The second-order valence-electron chi connectivity index (χ2n) is 2.33. The molecule has 1 aromatic carbocycles. The van der Waals surface area contributed by atoms with Crippen LogP contribution in [0.2, 0.25) is 0 Å². The lowest BCUT2D eigenvalue weighted by Gasteiger charge is -2.10. The molecule has 1 aromatic rings. The first-order chi connectivity index (χ1) is 6.42. The van der Waals surface area contributed by atoms with Crippen LogP contribution in [0.4, 0.5) is 18.9 Å². The average Bonchev–Trinajstić information content (AvgIpc) is 2.01. The SMILES string of the molecule is NNc1ccc(I)cc1SC(F)(F)F. The molecule has 0 unspecified atom stereocenters. The highest BCUT2D eigenvalue weighted by molar-refractivity contribution is 14.1. The van der Waals surface area contributed by atoms with Crippen molar-refractivity contribution in [2.75, 3.05) is 5.43 Å². The van der Waals surface area contributed by atoms with Crippen molar-refractivity contribution in [2.24, 2.45) is 5.84 Å². The molecule has 0 saturated heterocycles. The monoisotopic (exact) mass is 334 g/mol. The van der Waals surface area contributed by atoms with Gasteiger partial charge in [-0.1, -0.05) is 0 Å². The molecule has 0 saturated carbocycles. The van der Waals surface area contributed by atoms with Crippen LogP contribution in [0, 0.1) is 3.57 Å². The summed E-state index contributed by atoms with van der Waals surface area (Å²) in [4.78, 5) is 0.0758. The molecule has 0 spiro atoms. The minimum absolute atomic E-state index is 0.0758. The van der Waals surface area contributed by atoms with Gasteiger partial charge in [0, 0.05) is 8.47 Å². The van der Waals surface area contributed by atoms with Gasteiger partial charge in [0.1, 0.15) is 0 Å². The summed E-state index contributed by atoms with van der Waals surface area (Å²) in [5, 5.41) is 0. The maximum atomic E-state index is 12.1. The second-order valence-corrected chi connectivity index (χ2v) is 4.69. The van der Waals surface area contributed by atoms with Crippen molar-refractivity contribution in [1.82, 2.24) is 0 Å². The van der Waals surface area contributed by atoms with Gasteiger partial charge >= 0.3 is 5.51 Å². The van der Waals surface area contributed by atoms with Gasteiger partial charge in [-0.15, -0.1) is 0 Å². The number of hydrogen-bond acceptors (Lipinski definition) is 3. The molecule has 78 valence electrons. The first kappa shape index (κ1) is 11.9. The standard InChI is InChI=1S/C7H6F3IN2S/c8-7(9,10)14-6-3-4(11)1-2-5(6)13-12/h1-3,13H,12H2. The van der Waals surface area contributed by atoms with Crippen LogP contribution in [0.1, 0.15) is 0 Å². The van der Waals surface area contributed by atoms with Gasteiger partial charge < -0.3 is 5.43 Å². The Hall–Kier alpha value is -0.150. The number of anilines is 1. The third-order valence-electron chi connectivity index (χ3n) is 1.32. The van der Waals surface area contributed by atoms with Gasteiger partial charge in [0.15, 0.2) is 0 Å². The van der Waals surface area contributed by atoms with Crippen LogP contribution in [0.15, 0.2) is 23.1 Å². The zero-order chi connectivity index (χ0) is 10.8. The Morgan fingerprint density at radius 3 is 2.50 bits per heavy atom. The number of nitrogen functional groups attached to an aromatic ring is 1. The van der Waals surface area contributed by atoms with Crippen LogP contribution in [0.5, 0.6) is 0 Å². The quantitative estimate of drug-likeness (QED) is 0.378. The van der Waals surface area contributed by atoms with Crippen LogP contribution in [0.3, 0.4) is 0 Å². The molecule has 0 aliphatic rings. The van der Waals surface area contributed by atoms with Crippen molar-refractivity contribution in [3.63, 3.8) is 0 Å². The Balaban J connectivity index is 2.99. The molecule has 3 N–H and O–H groups in total. The molecule has 2 nitrogen and oxygen atoms in total. The topological polar surface area (TPSA) is 38.0 Å². The molecular formula is C7H6F3IN2S. The molecule has 0 heterocycles. The molecule has 0 atom stereocenters. The zero-order valence-corrected chi connectivity index (χ0v) is 9.70. The Morgan fingerprint density at radius 2 is 2.00 bits per heavy atom. The van der Waals surface area contributed by atoms with E-state index in [9.17, 15) is 13.2 Å². The zero-order valence-electron chi connectivity index (χ0n) is 6.73. The molecule has 0 amide bonds. The Morgan fingerprint density at radius 1 is 1.36 bits per heavy atom. The van der Waals surface area contributed by atoms with Gasteiger partial charge in [-0.05, 0) is 52.6 Å². The highest BCUT2D eigenvalue weighted by Gasteiger charge is 2.30. The molecule has 1 rings (SSSR count). The number of thioether (sulfide) groups is 1. The van der Waals surface area contributed by atoms with Gasteiger partial charge in [-0.25, -0.2) is 0 Å². The Kier molecular flexibility index (Phi) is 3.90. The van der Waals surface area contributed by atoms with Crippen molar-refractivity contribution in [3.05, 3.63) is 21.8 Å². The minimum Gasteiger partial charge on any atom is -0.323 e. The number of hydrazine groups is 1. The lowest BCUT2D eigenvalue weighted by molar-refractivity contribution is -0.0327. The first-order valence-electron chi connectivity index (χ1n) is 3.44. The molecule has 0 aliphatic heterocycles. The molecule has 0 bridgehead atoms. The molecule has 14 heavy (non-hydrogen) atoms. The van der Waals surface area contributed by atoms with E-state index in [1.54, 1.807) is 6.07 Å². The molecule has 7 heteroatoms. The average molecular weight is 334 g/mol. The van der Waals surface area contributed by atoms with E-state index in [1.807, 2.05) is 22.6 Å². The van der Waals surface area contributed by atoms with Gasteiger partial charge in [0.2, 0.25) is 0 Å². The molecule has 0 aliphatic carbocycles. The summed E-state index contributed by atoms with van der Waals surface area (Å²) in [7, 11) is 0. The molecule has 0 aromatic heterocycles. The van der Waals surface area contributed by atoms with Crippen molar-refractivity contribution in [3.8, 4) is 0 Å². The predicted molar refractivity (Wildman–Crippen MR) is 58.9 cm³/mol. The van der Waals surface area contributed by atoms with Crippen molar-refractivity contribution in [1.29, 1.82) is 0 Å². The van der Waals surface area contributed by atoms with Crippen LogP contribution >= 0.6 is 34.4 Å². The van der Waals surface area contributed by atoms with E-state index in [1.165, 1.54) is 12.1 Å². The van der Waals surface area contributed by atoms with E-state index in [4.69, 9.17) is 5.84 Å². The predicted octanol–water partition coefficient (Wildman–Crippen LogP) is 3.19. The molecule has 0 fully saturated rings. The lowest BCUT2D eigenvalue weighted by Crippen LogP contribution is -2.09. The van der Waals surface area contributed by atoms with E-state index in [0.29, 0.717) is 0 Å². The van der Waals surface area contributed by atoms with E-state index < -0.39 is 5.51 Å². The van der Waals surface area contributed by atoms with Crippen LogP contribution in [-0.4, -0.2) is 5.51 Å². The maximum absolute atomic E-state index is 12.1. The van der Waals surface area contributed by atoms with Crippen molar-refractivity contribution >= 4 is 40.0 Å². The fourth-order valence-corrected chi connectivity index (χ4v) is 2.20. The summed E-state index contributed by atoms with van der Waals surface area (Å²) in [6, 6.07) is 4.61. The fraction of sp³-hybridized carbons (Fsp3) is 0.143. The van der Waals surface area contributed by atoms with Gasteiger partial charge in [-0.3, -0.25) is 5.84 Å². The third kappa shape index (κ3) is 3.54. The van der Waals surface area contributed by atoms with E-state index in [2.05, 4.69) is 5.43 Å². The summed E-state index contributed by atoms with van der Waals surface area (Å²) >= 11 is 1.76. The van der Waals surface area contributed by atoms with E-state index >= 15 is 0 Å². The van der Waals surface area contributed by atoms with Crippen LogP contribution in [0.25, 0.3) is 0 Å². The normalized spacial score (nSPS) is 11.5. The summed E-state index contributed by atoms with van der Waals surface area (Å²) in [6.07, 6.45) is 0. The summed E-state index contributed by atoms with van der Waals surface area (Å²) < 4.78 is 37.0. The number of benzene rings is 1. The number of nitrogens with two attached hydrogens (primary N) is 1. The third-order valence-corrected chi connectivity index (χ3v) is 2.78. The van der Waals surface area contributed by atoms with Crippen molar-refractivity contribution in [2.45, 2.75) is 10.4 Å². The first-order valence-corrected chi connectivity index (χ1v) is 5.34. The van der Waals surface area contributed by atoms with E-state index in [-0.39, 0.29) is 22.3 Å². The van der Waals surface area contributed by atoms with Gasteiger partial charge in [0.25, 0.3) is 0 Å². The number of halogens is 4. The smallest absolute Gasteiger partial charge is 0.323 e. The number of alkyl halides is 3. The summed E-state index contributed by atoms with van der Waals surface area (Å²) in [5.41, 5.74) is -1.80. The second kappa shape index (κ2) is 4.58. The minimum atomic E-state index is -4.30. The maximum Gasteiger partial charge on any atom is 0.446 e. The van der Waals surface area contributed by atoms with E-state index in [0.717, 1.165) is 3.57 Å². The number of rotatable bonds is 2. The Bertz CT molecular complexity index is 329. The number of nitrogens with one attached hydrogen (secondary N) is 1. The Labute approximate surface area is 96.5 Å². The van der Waals surface area contributed by atoms with Crippen LogP contribution in [-0.2, 0) is 0 Å². The van der Waals surface area contributed by atoms with Gasteiger partial charge in [-0.2, -0.15) is 13.2 Å². The fourth-order valence-electron chi connectivity index (χ4n) is 0.825.